The molecule has 0 saturated heterocycles. The molecule has 0 unspecified atom stereocenters. The predicted molar refractivity (Wildman–Crippen MR) is 90.8 cm³/mol. The van der Waals surface area contributed by atoms with Crippen molar-refractivity contribution in [1.29, 1.82) is 0 Å². The Bertz CT molecular complexity index is 592. The van der Waals surface area contributed by atoms with Crippen LogP contribution in [0.4, 0.5) is 0 Å². The molecule has 0 aromatic heterocycles. The summed E-state index contributed by atoms with van der Waals surface area (Å²) in [5.74, 6) is 0. The van der Waals surface area contributed by atoms with Gasteiger partial charge in [-0.1, -0.05) is 65.8 Å². The van der Waals surface area contributed by atoms with Crippen LogP contribution >= 0.6 is 0 Å². The molecule has 108 valence electrons. The van der Waals surface area contributed by atoms with Crippen molar-refractivity contribution >= 4 is 10.8 Å². The monoisotopic (exact) mass is 268 g/mol. The summed E-state index contributed by atoms with van der Waals surface area (Å²) in [4.78, 5) is 0. The summed E-state index contributed by atoms with van der Waals surface area (Å²) < 4.78 is 0. The van der Waals surface area contributed by atoms with Crippen LogP contribution in [0, 0.1) is 13.8 Å². The smallest absolute Gasteiger partial charge is 0.0129 e. The maximum Gasteiger partial charge on any atom is -0.0129 e. The summed E-state index contributed by atoms with van der Waals surface area (Å²) in [6, 6.07) is 9.46. The van der Waals surface area contributed by atoms with E-state index in [0.717, 1.165) is 0 Å². The average Bonchev–Trinajstić information content (AvgIpc) is 2.24. The first kappa shape index (κ1) is 15.1. The van der Waals surface area contributed by atoms with Crippen molar-refractivity contribution in [3.63, 3.8) is 0 Å². The zero-order valence-electron chi connectivity index (χ0n) is 14.3. The Balaban J connectivity index is 2.77. The Morgan fingerprint density at radius 2 is 0.850 bits per heavy atom. The van der Waals surface area contributed by atoms with Gasteiger partial charge in [-0.2, -0.15) is 0 Å². The van der Waals surface area contributed by atoms with Crippen LogP contribution in [0.2, 0.25) is 0 Å². The van der Waals surface area contributed by atoms with Crippen LogP contribution in [-0.2, 0) is 10.8 Å². The van der Waals surface area contributed by atoms with Crippen molar-refractivity contribution < 1.29 is 0 Å². The molecular weight excluding hydrogens is 240 g/mol. The van der Waals surface area contributed by atoms with Crippen LogP contribution < -0.4 is 0 Å². The summed E-state index contributed by atoms with van der Waals surface area (Å²) in [6.45, 7) is 18.2. The molecule has 0 radical (unpaired) electrons. The van der Waals surface area contributed by atoms with Gasteiger partial charge in [0.2, 0.25) is 0 Å². The molecule has 0 aliphatic rings. The van der Waals surface area contributed by atoms with Gasteiger partial charge < -0.3 is 0 Å². The zero-order valence-corrected chi connectivity index (χ0v) is 14.3. The molecule has 0 nitrogen and oxygen atoms in total. The molecule has 0 bridgehead atoms. The molecule has 2 aromatic carbocycles. The molecule has 20 heavy (non-hydrogen) atoms. The lowest BCUT2D eigenvalue weighted by Gasteiger charge is -2.25. The molecule has 2 rings (SSSR count). The molecule has 2 aromatic rings. The Hall–Kier alpha value is -1.30. The van der Waals surface area contributed by atoms with Gasteiger partial charge in [-0.15, -0.1) is 0 Å². The molecule has 0 aliphatic heterocycles. The van der Waals surface area contributed by atoms with Crippen LogP contribution in [-0.4, -0.2) is 0 Å². The highest BCUT2D eigenvalue weighted by molar-refractivity contribution is 5.86. The number of aryl methyl sites for hydroxylation is 2. The number of hydrogen-bond donors (Lipinski definition) is 0. The molecule has 0 saturated carbocycles. The molecule has 0 N–H and O–H groups in total. The standard InChI is InChI=1S/C20H28/c1-13-9-15-10-14(2)18(20(6,7)8)12-16(15)11-17(13)19(3,4)5/h9-12H,1-8H3. The normalized spacial score (nSPS) is 13.0. The first-order valence-electron chi connectivity index (χ1n) is 7.56. The maximum atomic E-state index is 2.39. The molecule has 0 aliphatic carbocycles. The van der Waals surface area contributed by atoms with Crippen molar-refractivity contribution in [3.05, 3.63) is 46.5 Å². The topological polar surface area (TPSA) is 0 Å². The third kappa shape index (κ3) is 2.75. The highest BCUT2D eigenvalue weighted by Gasteiger charge is 2.20. The third-order valence-electron chi connectivity index (χ3n) is 4.14. The quantitative estimate of drug-likeness (QED) is 0.545. The van der Waals surface area contributed by atoms with E-state index in [4.69, 9.17) is 0 Å². The van der Waals surface area contributed by atoms with E-state index in [-0.39, 0.29) is 10.8 Å². The van der Waals surface area contributed by atoms with Crippen molar-refractivity contribution in [3.8, 4) is 0 Å². The van der Waals surface area contributed by atoms with Crippen molar-refractivity contribution in [2.75, 3.05) is 0 Å². The first-order valence-corrected chi connectivity index (χ1v) is 7.56. The van der Waals surface area contributed by atoms with Crippen molar-refractivity contribution in [2.45, 2.75) is 66.2 Å². The van der Waals surface area contributed by atoms with Gasteiger partial charge in [0.05, 0.1) is 0 Å². The van der Waals surface area contributed by atoms with Crippen LogP contribution in [0.15, 0.2) is 24.3 Å². The second-order valence-electron chi connectivity index (χ2n) is 8.18. The largest absolute Gasteiger partial charge is 0.0561 e. The molecule has 0 atom stereocenters. The van der Waals surface area contributed by atoms with Gasteiger partial charge in [0.1, 0.15) is 0 Å². The van der Waals surface area contributed by atoms with Crippen LogP contribution in [0.1, 0.15) is 63.8 Å². The van der Waals surface area contributed by atoms with E-state index in [9.17, 15) is 0 Å². The summed E-state index contributed by atoms with van der Waals surface area (Å²) in [5, 5.41) is 2.73. The first-order chi connectivity index (χ1) is 9.00. The molecule has 0 heteroatoms. The molecule has 0 heterocycles. The van der Waals surface area contributed by atoms with Gasteiger partial charge in [-0.05, 0) is 57.7 Å². The summed E-state index contributed by atoms with van der Waals surface area (Å²) >= 11 is 0. The van der Waals surface area contributed by atoms with Crippen LogP contribution in [0.25, 0.3) is 10.8 Å². The lowest BCUT2D eigenvalue weighted by molar-refractivity contribution is 0.585. The second kappa shape index (κ2) is 4.62. The van der Waals surface area contributed by atoms with Crippen molar-refractivity contribution in [1.82, 2.24) is 0 Å². The summed E-state index contributed by atoms with van der Waals surface area (Å²) in [7, 11) is 0. The van der Waals surface area contributed by atoms with E-state index >= 15 is 0 Å². The van der Waals surface area contributed by atoms with Gasteiger partial charge in [0.15, 0.2) is 0 Å². The minimum absolute atomic E-state index is 0.199. The fraction of sp³-hybridized carbons (Fsp3) is 0.500. The number of fused-ring (bicyclic) bond motifs is 1. The van der Waals surface area contributed by atoms with Crippen LogP contribution in [0.5, 0.6) is 0 Å². The Kier molecular flexibility index (Phi) is 3.48. The lowest BCUT2D eigenvalue weighted by atomic mass is 9.80. The fourth-order valence-electron chi connectivity index (χ4n) is 3.19. The third-order valence-corrected chi connectivity index (χ3v) is 4.14. The Labute approximate surface area is 124 Å². The molecule has 0 amide bonds. The SMILES string of the molecule is Cc1cc2cc(C)c(C(C)(C)C)cc2cc1C(C)(C)C. The van der Waals surface area contributed by atoms with Crippen LogP contribution in [0.3, 0.4) is 0 Å². The predicted octanol–water partition coefficient (Wildman–Crippen LogP) is 6.05. The highest BCUT2D eigenvalue weighted by Crippen LogP contribution is 2.34. The fourth-order valence-corrected chi connectivity index (χ4v) is 3.19. The van der Waals surface area contributed by atoms with E-state index in [0.29, 0.717) is 0 Å². The average molecular weight is 268 g/mol. The highest BCUT2D eigenvalue weighted by atomic mass is 14.2. The van der Waals surface area contributed by atoms with Gasteiger partial charge in [-0.25, -0.2) is 0 Å². The number of hydrogen-bond acceptors (Lipinski definition) is 0. The van der Waals surface area contributed by atoms with E-state index in [1.54, 1.807) is 0 Å². The number of benzene rings is 2. The van der Waals surface area contributed by atoms with Gasteiger partial charge >= 0.3 is 0 Å². The van der Waals surface area contributed by atoms with Gasteiger partial charge in [0, 0.05) is 0 Å². The molecular formula is C20H28. The summed E-state index contributed by atoms with van der Waals surface area (Å²) in [5.41, 5.74) is 6.10. The van der Waals surface area contributed by atoms with E-state index < -0.39 is 0 Å². The van der Waals surface area contributed by atoms with Gasteiger partial charge in [0.25, 0.3) is 0 Å². The minimum Gasteiger partial charge on any atom is -0.0561 e. The van der Waals surface area contributed by atoms with E-state index in [1.807, 2.05) is 0 Å². The van der Waals surface area contributed by atoms with E-state index in [1.165, 1.54) is 33.0 Å². The van der Waals surface area contributed by atoms with Gasteiger partial charge in [-0.3, -0.25) is 0 Å². The zero-order chi connectivity index (χ0) is 15.3. The Morgan fingerprint density at radius 3 is 1.15 bits per heavy atom. The Morgan fingerprint density at radius 1 is 0.550 bits per heavy atom. The minimum atomic E-state index is 0.199. The van der Waals surface area contributed by atoms with Crippen molar-refractivity contribution in [2.24, 2.45) is 0 Å². The van der Waals surface area contributed by atoms with E-state index in [2.05, 4.69) is 79.7 Å². The summed E-state index contributed by atoms with van der Waals surface area (Å²) in [6.07, 6.45) is 0. The maximum absolute atomic E-state index is 2.39. The molecule has 0 spiro atoms. The second-order valence-corrected chi connectivity index (χ2v) is 8.18. The molecule has 0 fully saturated rings. The number of rotatable bonds is 0. The lowest BCUT2D eigenvalue weighted by Crippen LogP contribution is -2.14.